The summed E-state index contributed by atoms with van der Waals surface area (Å²) in [5.74, 6) is 0.991. The van der Waals surface area contributed by atoms with Crippen LogP contribution in [0.5, 0.6) is 5.75 Å². The van der Waals surface area contributed by atoms with Crippen LogP contribution in [0.25, 0.3) is 6.08 Å². The van der Waals surface area contributed by atoms with Gasteiger partial charge >= 0.3 is 0 Å². The SMILES string of the molecule is C1=Cc2ccccc2OC1.[Mo].[SiH4].[V]. The van der Waals surface area contributed by atoms with Crippen LogP contribution in [0.2, 0.25) is 0 Å². The van der Waals surface area contributed by atoms with Gasteiger partial charge in [0.1, 0.15) is 12.4 Å². The Balaban J connectivity index is 0. The molecule has 1 nitrogen and oxygen atoms in total. The monoisotopic (exact) mass is 313 g/mol. The van der Waals surface area contributed by atoms with Gasteiger partial charge in [-0.2, -0.15) is 0 Å². The van der Waals surface area contributed by atoms with Gasteiger partial charge in [0.15, 0.2) is 0 Å². The Labute approximate surface area is 109 Å². The molecule has 0 saturated carbocycles. The number of para-hydroxylation sites is 1. The van der Waals surface area contributed by atoms with Crippen LogP contribution in [0, 0.1) is 0 Å². The van der Waals surface area contributed by atoms with Gasteiger partial charge in [-0.25, -0.2) is 0 Å². The number of rotatable bonds is 0. The van der Waals surface area contributed by atoms with E-state index in [0.29, 0.717) is 6.61 Å². The molecule has 0 saturated heterocycles. The summed E-state index contributed by atoms with van der Waals surface area (Å²) in [5.41, 5.74) is 1.17. The van der Waals surface area contributed by atoms with Crippen molar-refractivity contribution in [2.75, 3.05) is 6.61 Å². The fraction of sp³-hybridized carbons (Fsp3) is 0.111. The van der Waals surface area contributed by atoms with Crippen LogP contribution in [0.3, 0.4) is 0 Å². The Bertz CT molecular complexity index is 278. The molecule has 0 aromatic heterocycles. The first-order chi connectivity index (χ1) is 4.97. The average molecular weight is 311 g/mol. The number of ether oxygens (including phenoxy) is 1. The van der Waals surface area contributed by atoms with E-state index in [1.54, 1.807) is 0 Å². The summed E-state index contributed by atoms with van der Waals surface area (Å²) in [4.78, 5) is 0. The summed E-state index contributed by atoms with van der Waals surface area (Å²) in [6, 6.07) is 8.03. The Kier molecular flexibility index (Phi) is 9.23. The molecular weight excluding hydrogens is 299 g/mol. The standard InChI is InChI=1S/C9H8O.Mo.H4Si.V/c1-2-6-9-8(4-1)5-3-7-10-9;;;/h1-6H,7H2;;1H4;. The predicted octanol–water partition coefficient (Wildman–Crippen LogP) is 0.636. The van der Waals surface area contributed by atoms with E-state index in [9.17, 15) is 0 Å². The summed E-state index contributed by atoms with van der Waals surface area (Å²) in [5, 5.41) is 0. The van der Waals surface area contributed by atoms with Crippen molar-refractivity contribution in [1.29, 1.82) is 0 Å². The topological polar surface area (TPSA) is 9.23 Å². The van der Waals surface area contributed by atoms with Crippen LogP contribution in [0.1, 0.15) is 5.56 Å². The number of benzene rings is 1. The van der Waals surface area contributed by atoms with Crippen LogP contribution >= 0.6 is 0 Å². The van der Waals surface area contributed by atoms with Crippen LogP contribution in [0.15, 0.2) is 30.3 Å². The molecule has 2 rings (SSSR count). The predicted molar refractivity (Wildman–Crippen MR) is 52.3 cm³/mol. The second kappa shape index (κ2) is 7.63. The summed E-state index contributed by atoms with van der Waals surface area (Å²) in [6.45, 7) is 0.705. The third kappa shape index (κ3) is 3.86. The molecule has 1 aliphatic heterocycles. The first-order valence-electron chi connectivity index (χ1n) is 3.35. The third-order valence-corrected chi connectivity index (χ3v) is 1.55. The van der Waals surface area contributed by atoms with Gasteiger partial charge in [-0.15, -0.1) is 0 Å². The molecule has 69 valence electrons. The molecular formula is C9H12MoOSiV. The average Bonchev–Trinajstić information content (AvgIpc) is 2.05. The molecule has 0 unspecified atom stereocenters. The Hall–Kier alpha value is 0.250. The number of hydrogen-bond donors (Lipinski definition) is 0. The third-order valence-electron chi connectivity index (χ3n) is 1.55. The molecule has 1 aromatic rings. The molecule has 0 bridgehead atoms. The zero-order valence-electron chi connectivity index (χ0n) is 6.43. The summed E-state index contributed by atoms with van der Waals surface area (Å²) in [6.07, 6.45) is 4.10. The van der Waals surface area contributed by atoms with Gasteiger partial charge in [0.05, 0.1) is 0 Å². The van der Waals surface area contributed by atoms with Crippen molar-refractivity contribution in [2.24, 2.45) is 0 Å². The number of hydrogen-bond acceptors (Lipinski definition) is 1. The minimum absolute atomic E-state index is 0. The van der Waals surface area contributed by atoms with E-state index in [0.717, 1.165) is 5.75 Å². The van der Waals surface area contributed by atoms with Gasteiger partial charge in [-0.1, -0.05) is 24.3 Å². The van der Waals surface area contributed by atoms with E-state index >= 15 is 0 Å². The maximum absolute atomic E-state index is 5.34. The van der Waals surface area contributed by atoms with Crippen molar-refractivity contribution in [2.45, 2.75) is 0 Å². The molecule has 0 atom stereocenters. The maximum atomic E-state index is 5.34. The minimum Gasteiger partial charge on any atom is -0.489 e. The molecule has 1 heterocycles. The Morgan fingerprint density at radius 2 is 1.85 bits per heavy atom. The molecule has 4 heteroatoms. The zero-order valence-corrected chi connectivity index (χ0v) is 9.84. The Morgan fingerprint density at radius 3 is 2.54 bits per heavy atom. The summed E-state index contributed by atoms with van der Waals surface area (Å²) < 4.78 is 5.34. The van der Waals surface area contributed by atoms with Gasteiger partial charge in [-0.05, 0) is 23.1 Å². The zero-order chi connectivity index (χ0) is 6.81. The van der Waals surface area contributed by atoms with Crippen molar-refractivity contribution in [3.05, 3.63) is 35.9 Å². The molecule has 1 radical (unpaired) electrons. The quantitative estimate of drug-likeness (QED) is 0.639. The molecule has 0 aliphatic carbocycles. The van der Waals surface area contributed by atoms with Gasteiger partial charge in [0.25, 0.3) is 0 Å². The Morgan fingerprint density at radius 1 is 1.15 bits per heavy atom. The smallest absolute Gasteiger partial charge is 0.126 e. The van der Waals surface area contributed by atoms with Crippen molar-refractivity contribution in [3.63, 3.8) is 0 Å². The van der Waals surface area contributed by atoms with E-state index in [1.165, 1.54) is 5.56 Å². The van der Waals surface area contributed by atoms with Gasteiger partial charge in [0.2, 0.25) is 0 Å². The van der Waals surface area contributed by atoms with Crippen LogP contribution in [0.4, 0.5) is 0 Å². The normalized spacial score (nSPS) is 10.8. The minimum atomic E-state index is 0. The van der Waals surface area contributed by atoms with E-state index in [2.05, 4.69) is 6.08 Å². The van der Waals surface area contributed by atoms with Crippen molar-refractivity contribution >= 4 is 17.0 Å². The molecule has 1 aromatic carbocycles. The van der Waals surface area contributed by atoms with Crippen LogP contribution < -0.4 is 4.74 Å². The fourth-order valence-corrected chi connectivity index (χ4v) is 1.06. The largest absolute Gasteiger partial charge is 0.489 e. The molecule has 0 amide bonds. The summed E-state index contributed by atoms with van der Waals surface area (Å²) >= 11 is 0. The molecule has 13 heavy (non-hydrogen) atoms. The van der Waals surface area contributed by atoms with Gasteiger partial charge < -0.3 is 4.74 Å². The molecule has 0 spiro atoms. The van der Waals surface area contributed by atoms with E-state index in [4.69, 9.17) is 4.74 Å². The van der Waals surface area contributed by atoms with Crippen molar-refractivity contribution < 1.29 is 44.4 Å². The maximum Gasteiger partial charge on any atom is 0.126 e. The summed E-state index contributed by atoms with van der Waals surface area (Å²) in [7, 11) is 0. The van der Waals surface area contributed by atoms with E-state index < -0.39 is 0 Å². The first kappa shape index (κ1) is 15.7. The van der Waals surface area contributed by atoms with Gasteiger partial charge in [0, 0.05) is 45.2 Å². The van der Waals surface area contributed by atoms with Crippen LogP contribution in [-0.2, 0) is 39.6 Å². The van der Waals surface area contributed by atoms with E-state index in [-0.39, 0.29) is 50.6 Å². The second-order valence-electron chi connectivity index (χ2n) is 2.25. The fourth-order valence-electron chi connectivity index (χ4n) is 1.06. The van der Waals surface area contributed by atoms with E-state index in [1.807, 2.05) is 30.3 Å². The molecule has 0 fully saturated rings. The first-order valence-corrected chi connectivity index (χ1v) is 3.35. The van der Waals surface area contributed by atoms with Crippen molar-refractivity contribution in [3.8, 4) is 5.75 Å². The number of fused-ring (bicyclic) bond motifs is 1. The molecule has 1 aliphatic rings. The van der Waals surface area contributed by atoms with Crippen LogP contribution in [-0.4, -0.2) is 17.6 Å². The van der Waals surface area contributed by atoms with Gasteiger partial charge in [-0.3, -0.25) is 0 Å². The van der Waals surface area contributed by atoms with Crippen molar-refractivity contribution in [1.82, 2.24) is 0 Å². The molecule has 0 N–H and O–H groups in total. The second-order valence-corrected chi connectivity index (χ2v) is 2.25.